The van der Waals surface area contributed by atoms with Gasteiger partial charge in [0.1, 0.15) is 11.5 Å². The first kappa shape index (κ1) is 15.6. The van der Waals surface area contributed by atoms with Crippen molar-refractivity contribution < 1.29 is 14.3 Å². The molecule has 1 aliphatic carbocycles. The highest BCUT2D eigenvalue weighted by molar-refractivity contribution is 5.78. The Morgan fingerprint density at radius 3 is 2.33 bits per heavy atom. The molecule has 1 aliphatic rings. The molecule has 1 aromatic carbocycles. The van der Waals surface area contributed by atoms with Crippen LogP contribution in [0.1, 0.15) is 26.7 Å². The zero-order chi connectivity index (χ0) is 15.3. The van der Waals surface area contributed by atoms with Gasteiger partial charge in [-0.1, -0.05) is 0 Å². The van der Waals surface area contributed by atoms with E-state index in [4.69, 9.17) is 15.2 Å². The van der Waals surface area contributed by atoms with Crippen LogP contribution in [-0.2, 0) is 4.79 Å². The summed E-state index contributed by atoms with van der Waals surface area (Å²) >= 11 is 0. The second kappa shape index (κ2) is 6.80. The van der Waals surface area contributed by atoms with Crippen LogP contribution in [0, 0.1) is 5.92 Å². The summed E-state index contributed by atoms with van der Waals surface area (Å²) in [5.74, 6) is 1.80. The topological polar surface area (TPSA) is 73.6 Å². The third kappa shape index (κ3) is 4.36. The number of nitrogens with two attached hydrogens (primary N) is 1. The summed E-state index contributed by atoms with van der Waals surface area (Å²) in [5.41, 5.74) is 5.47. The van der Waals surface area contributed by atoms with Crippen molar-refractivity contribution in [2.24, 2.45) is 11.7 Å². The molecule has 1 saturated carbocycles. The van der Waals surface area contributed by atoms with Crippen LogP contribution < -0.4 is 20.5 Å². The molecule has 5 heteroatoms. The van der Waals surface area contributed by atoms with Gasteiger partial charge in [0, 0.05) is 6.54 Å². The number of carbonyl (C=O) groups excluding carboxylic acids is 1. The minimum absolute atomic E-state index is 0.00368. The lowest BCUT2D eigenvalue weighted by molar-refractivity contribution is -0.125. The maximum atomic E-state index is 12.0. The van der Waals surface area contributed by atoms with Crippen molar-refractivity contribution in [2.75, 3.05) is 19.8 Å². The molecule has 21 heavy (non-hydrogen) atoms. The number of hydrogen-bond acceptors (Lipinski definition) is 4. The molecule has 5 nitrogen and oxygen atoms in total. The first-order valence-electron chi connectivity index (χ1n) is 7.44. The van der Waals surface area contributed by atoms with Crippen molar-refractivity contribution in [1.29, 1.82) is 0 Å². The summed E-state index contributed by atoms with van der Waals surface area (Å²) in [6.45, 7) is 5.01. The highest BCUT2D eigenvalue weighted by Gasteiger charge is 2.41. The summed E-state index contributed by atoms with van der Waals surface area (Å²) in [6.07, 6.45) is 2.27. The molecule has 116 valence electrons. The molecule has 0 bridgehead atoms. The lowest BCUT2D eigenvalue weighted by Gasteiger charge is -2.29. The quantitative estimate of drug-likeness (QED) is 0.765. The number of rotatable bonds is 8. The molecule has 1 aromatic rings. The van der Waals surface area contributed by atoms with E-state index in [1.165, 1.54) is 0 Å². The lowest BCUT2D eigenvalue weighted by Crippen LogP contribution is -2.54. The van der Waals surface area contributed by atoms with E-state index < -0.39 is 0 Å². The fourth-order valence-electron chi connectivity index (χ4n) is 2.34. The molecule has 0 saturated heterocycles. The van der Waals surface area contributed by atoms with Crippen molar-refractivity contribution in [1.82, 2.24) is 5.32 Å². The van der Waals surface area contributed by atoms with Crippen molar-refractivity contribution in [3.63, 3.8) is 0 Å². The molecule has 0 radical (unpaired) electrons. The predicted octanol–water partition coefficient (Wildman–Crippen LogP) is 1.71. The van der Waals surface area contributed by atoms with E-state index >= 15 is 0 Å². The van der Waals surface area contributed by atoms with Crippen LogP contribution in [0.5, 0.6) is 11.5 Å². The molecular formula is C16H24N2O3. The smallest absolute Gasteiger partial charge is 0.258 e. The van der Waals surface area contributed by atoms with Crippen LogP contribution in [0.15, 0.2) is 24.3 Å². The number of nitrogens with one attached hydrogen (secondary N) is 1. The van der Waals surface area contributed by atoms with Gasteiger partial charge in [-0.3, -0.25) is 4.79 Å². The van der Waals surface area contributed by atoms with Crippen LogP contribution in [0.25, 0.3) is 0 Å². The van der Waals surface area contributed by atoms with Crippen molar-refractivity contribution in [3.8, 4) is 11.5 Å². The molecule has 1 unspecified atom stereocenters. The van der Waals surface area contributed by atoms with E-state index in [0.29, 0.717) is 24.8 Å². The van der Waals surface area contributed by atoms with E-state index in [-0.39, 0.29) is 18.1 Å². The van der Waals surface area contributed by atoms with E-state index in [0.717, 1.165) is 18.6 Å². The molecule has 1 fully saturated rings. The predicted molar refractivity (Wildman–Crippen MR) is 81.4 cm³/mol. The van der Waals surface area contributed by atoms with Crippen LogP contribution in [0.2, 0.25) is 0 Å². The average molecular weight is 292 g/mol. The fourth-order valence-corrected chi connectivity index (χ4v) is 2.34. The highest BCUT2D eigenvalue weighted by Crippen LogP contribution is 2.38. The highest BCUT2D eigenvalue weighted by atomic mass is 16.5. The number of hydrogen-bond donors (Lipinski definition) is 2. The summed E-state index contributed by atoms with van der Waals surface area (Å²) in [7, 11) is 0. The monoisotopic (exact) mass is 292 g/mol. The largest absolute Gasteiger partial charge is 0.494 e. The number of amides is 1. The van der Waals surface area contributed by atoms with Gasteiger partial charge in [-0.15, -0.1) is 0 Å². The van der Waals surface area contributed by atoms with Gasteiger partial charge in [0.2, 0.25) is 0 Å². The van der Waals surface area contributed by atoms with Gasteiger partial charge in [0.05, 0.1) is 12.1 Å². The molecular weight excluding hydrogens is 268 g/mol. The van der Waals surface area contributed by atoms with E-state index in [9.17, 15) is 4.79 Å². The second-order valence-corrected chi connectivity index (χ2v) is 5.64. The maximum Gasteiger partial charge on any atom is 0.258 e. The lowest BCUT2D eigenvalue weighted by atomic mass is 9.96. The van der Waals surface area contributed by atoms with Crippen LogP contribution in [0.4, 0.5) is 0 Å². The van der Waals surface area contributed by atoms with Crippen molar-refractivity contribution in [3.05, 3.63) is 24.3 Å². The molecule has 0 spiro atoms. The molecule has 2 rings (SSSR count). The standard InChI is InChI=1S/C16H24N2O3/c1-3-20-13-6-8-14(9-7-13)21-10-15(19)18-16(2,11-17)12-4-5-12/h6-9,12H,3-5,10-11,17H2,1-2H3,(H,18,19). The minimum atomic E-state index is -0.306. The van der Waals surface area contributed by atoms with Gasteiger partial charge in [0.25, 0.3) is 5.91 Å². The van der Waals surface area contributed by atoms with Crippen LogP contribution >= 0.6 is 0 Å². The molecule has 0 aromatic heterocycles. The van der Waals surface area contributed by atoms with Crippen molar-refractivity contribution >= 4 is 5.91 Å². The summed E-state index contributed by atoms with van der Waals surface area (Å²) in [4.78, 5) is 12.0. The van der Waals surface area contributed by atoms with E-state index in [1.807, 2.05) is 26.0 Å². The Hall–Kier alpha value is -1.75. The van der Waals surface area contributed by atoms with Gasteiger partial charge in [-0.25, -0.2) is 0 Å². The normalized spacial score (nSPS) is 16.9. The summed E-state index contributed by atoms with van der Waals surface area (Å²) in [6, 6.07) is 7.23. The molecule has 0 heterocycles. The SMILES string of the molecule is CCOc1ccc(OCC(=O)NC(C)(CN)C2CC2)cc1. The Morgan fingerprint density at radius 2 is 1.86 bits per heavy atom. The summed E-state index contributed by atoms with van der Waals surface area (Å²) in [5, 5.41) is 2.99. The van der Waals surface area contributed by atoms with Gasteiger partial charge < -0.3 is 20.5 Å². The molecule has 3 N–H and O–H groups in total. The van der Waals surface area contributed by atoms with Crippen molar-refractivity contribution in [2.45, 2.75) is 32.2 Å². The van der Waals surface area contributed by atoms with Crippen LogP contribution in [-0.4, -0.2) is 31.2 Å². The Kier molecular flexibility index (Phi) is 5.07. The van der Waals surface area contributed by atoms with E-state index in [1.54, 1.807) is 12.1 Å². The molecule has 1 amide bonds. The third-order valence-electron chi connectivity index (χ3n) is 3.83. The first-order valence-corrected chi connectivity index (χ1v) is 7.44. The first-order chi connectivity index (χ1) is 10.1. The van der Waals surface area contributed by atoms with E-state index in [2.05, 4.69) is 5.32 Å². The van der Waals surface area contributed by atoms with Gasteiger partial charge in [-0.05, 0) is 56.9 Å². The Bertz CT molecular complexity index is 471. The Morgan fingerprint density at radius 1 is 1.29 bits per heavy atom. The Balaban J connectivity index is 1.80. The fraction of sp³-hybridized carbons (Fsp3) is 0.562. The zero-order valence-electron chi connectivity index (χ0n) is 12.7. The van der Waals surface area contributed by atoms with Gasteiger partial charge in [-0.2, -0.15) is 0 Å². The number of ether oxygens (including phenoxy) is 2. The van der Waals surface area contributed by atoms with Gasteiger partial charge >= 0.3 is 0 Å². The second-order valence-electron chi connectivity index (χ2n) is 5.64. The summed E-state index contributed by atoms with van der Waals surface area (Å²) < 4.78 is 10.8. The maximum absolute atomic E-state index is 12.0. The zero-order valence-corrected chi connectivity index (χ0v) is 12.7. The van der Waals surface area contributed by atoms with Crippen LogP contribution in [0.3, 0.4) is 0 Å². The number of benzene rings is 1. The average Bonchev–Trinajstić information content (AvgIpc) is 3.32. The Labute approximate surface area is 125 Å². The minimum Gasteiger partial charge on any atom is -0.494 e. The molecule has 0 aliphatic heterocycles. The molecule has 1 atom stereocenters. The third-order valence-corrected chi connectivity index (χ3v) is 3.83. The number of carbonyl (C=O) groups is 1. The van der Waals surface area contributed by atoms with Gasteiger partial charge in [0.15, 0.2) is 6.61 Å².